The summed E-state index contributed by atoms with van der Waals surface area (Å²) < 4.78 is 6.18. The number of methoxy groups -OCH3 is 1. The number of rotatable bonds is 5. The van der Waals surface area contributed by atoms with Gasteiger partial charge in [-0.25, -0.2) is 0 Å². The summed E-state index contributed by atoms with van der Waals surface area (Å²) in [6.45, 7) is 1.79. The molecule has 0 spiro atoms. The third-order valence-electron chi connectivity index (χ3n) is 2.55. The zero-order chi connectivity index (χ0) is 13.0. The molecule has 0 aliphatic carbocycles. The van der Waals surface area contributed by atoms with Gasteiger partial charge in [0.25, 0.3) is 0 Å². The number of nitrogens with zero attached hydrogens (tertiary/aromatic N) is 2. The molecular weight excluding hydrogens is 224 g/mol. The minimum absolute atomic E-state index is 0.0509. The first-order valence-corrected chi connectivity index (χ1v) is 5.22. The van der Waals surface area contributed by atoms with Crippen LogP contribution in [0.15, 0.2) is 6.20 Å². The van der Waals surface area contributed by atoms with Crippen molar-refractivity contribution < 1.29 is 19.4 Å². The number of ether oxygens (including phenoxy) is 1. The normalized spacial score (nSPS) is 12.2. The van der Waals surface area contributed by atoms with Crippen molar-refractivity contribution >= 4 is 11.9 Å². The van der Waals surface area contributed by atoms with Gasteiger partial charge in [0.15, 0.2) is 0 Å². The topological polar surface area (TPSA) is 81.4 Å². The molecule has 1 rings (SSSR count). The lowest BCUT2D eigenvalue weighted by molar-refractivity contribution is -0.141. The Morgan fingerprint density at radius 1 is 1.53 bits per heavy atom. The fourth-order valence-corrected chi connectivity index (χ4v) is 1.81. The van der Waals surface area contributed by atoms with Crippen molar-refractivity contribution in [2.75, 3.05) is 7.11 Å². The molecule has 1 N–H and O–H groups in total. The van der Waals surface area contributed by atoms with Crippen molar-refractivity contribution in [3.8, 4) is 0 Å². The van der Waals surface area contributed by atoms with Gasteiger partial charge in [-0.15, -0.1) is 0 Å². The molecule has 0 aliphatic heterocycles. The summed E-state index contributed by atoms with van der Waals surface area (Å²) >= 11 is 0. The number of aromatic nitrogens is 2. The Balaban J connectivity index is 2.93. The summed E-state index contributed by atoms with van der Waals surface area (Å²) in [6, 6.07) is 0. The number of carboxylic acid groups (broad SMARTS) is 1. The predicted molar refractivity (Wildman–Crippen MR) is 59.6 cm³/mol. The SMILES string of the molecule is COC(=O)CC(CC(=O)O)c1cn(C)nc1C. The quantitative estimate of drug-likeness (QED) is 0.771. The Morgan fingerprint density at radius 2 is 2.18 bits per heavy atom. The monoisotopic (exact) mass is 240 g/mol. The minimum atomic E-state index is -0.942. The number of aryl methyl sites for hydroxylation is 2. The van der Waals surface area contributed by atoms with Crippen LogP contribution in [0.1, 0.15) is 30.0 Å². The summed E-state index contributed by atoms with van der Waals surface area (Å²) in [5.41, 5.74) is 1.52. The maximum atomic E-state index is 11.3. The molecule has 0 saturated heterocycles. The smallest absolute Gasteiger partial charge is 0.306 e. The maximum absolute atomic E-state index is 11.3. The van der Waals surface area contributed by atoms with Crippen LogP contribution in [-0.2, 0) is 21.4 Å². The number of hydrogen-bond donors (Lipinski definition) is 1. The highest BCUT2D eigenvalue weighted by Gasteiger charge is 2.23. The molecule has 6 nitrogen and oxygen atoms in total. The van der Waals surface area contributed by atoms with Crippen molar-refractivity contribution in [1.82, 2.24) is 9.78 Å². The average molecular weight is 240 g/mol. The second-order valence-electron chi connectivity index (χ2n) is 3.92. The standard InChI is InChI=1S/C11H16N2O4/c1-7-9(6-13(2)12-7)8(4-10(14)15)5-11(16)17-3/h6,8H,4-5H2,1-3H3,(H,14,15). The molecule has 1 aromatic rings. The highest BCUT2D eigenvalue weighted by molar-refractivity contribution is 5.73. The Labute approximate surface area is 99.2 Å². The van der Waals surface area contributed by atoms with Crippen molar-refractivity contribution in [2.24, 2.45) is 7.05 Å². The molecule has 1 aromatic heterocycles. The van der Waals surface area contributed by atoms with Gasteiger partial charge in [-0.2, -0.15) is 5.10 Å². The molecule has 1 atom stereocenters. The predicted octanol–water partition coefficient (Wildman–Crippen LogP) is 0.850. The summed E-state index contributed by atoms with van der Waals surface area (Å²) in [4.78, 5) is 22.0. The van der Waals surface area contributed by atoms with Crippen LogP contribution in [0, 0.1) is 6.92 Å². The van der Waals surface area contributed by atoms with Crippen LogP contribution < -0.4 is 0 Å². The van der Waals surface area contributed by atoms with Crippen molar-refractivity contribution in [1.29, 1.82) is 0 Å². The van der Waals surface area contributed by atoms with Crippen molar-refractivity contribution in [3.05, 3.63) is 17.5 Å². The first-order valence-electron chi connectivity index (χ1n) is 5.22. The molecule has 1 heterocycles. The van der Waals surface area contributed by atoms with Crippen molar-refractivity contribution in [2.45, 2.75) is 25.7 Å². The Hall–Kier alpha value is -1.85. The molecule has 0 aromatic carbocycles. The van der Waals surface area contributed by atoms with E-state index in [0.29, 0.717) is 0 Å². The Morgan fingerprint density at radius 3 is 2.59 bits per heavy atom. The largest absolute Gasteiger partial charge is 0.481 e. The molecule has 0 fully saturated rings. The van der Waals surface area contributed by atoms with E-state index in [1.807, 2.05) is 0 Å². The van der Waals surface area contributed by atoms with Gasteiger partial charge >= 0.3 is 11.9 Å². The van der Waals surface area contributed by atoms with Crippen LogP contribution in [-0.4, -0.2) is 33.9 Å². The van der Waals surface area contributed by atoms with Crippen LogP contribution in [0.5, 0.6) is 0 Å². The Kier molecular flexibility index (Phi) is 4.25. The van der Waals surface area contributed by atoms with E-state index in [0.717, 1.165) is 11.3 Å². The van der Waals surface area contributed by atoms with Gasteiger partial charge in [-0.1, -0.05) is 0 Å². The number of carbonyl (C=O) groups is 2. The van der Waals surface area contributed by atoms with Crippen LogP contribution in [0.2, 0.25) is 0 Å². The molecular formula is C11H16N2O4. The van der Waals surface area contributed by atoms with Crippen LogP contribution in [0.25, 0.3) is 0 Å². The highest BCUT2D eigenvalue weighted by Crippen LogP contribution is 2.26. The van der Waals surface area contributed by atoms with E-state index in [1.54, 1.807) is 24.9 Å². The summed E-state index contributed by atoms with van der Waals surface area (Å²) in [5, 5.41) is 13.0. The van der Waals surface area contributed by atoms with Crippen LogP contribution in [0.3, 0.4) is 0 Å². The molecule has 0 bridgehead atoms. The fraction of sp³-hybridized carbons (Fsp3) is 0.545. The van der Waals surface area contributed by atoms with E-state index < -0.39 is 17.9 Å². The number of hydrogen-bond acceptors (Lipinski definition) is 4. The Bertz CT molecular complexity index is 425. The second kappa shape index (κ2) is 5.47. The van der Waals surface area contributed by atoms with Gasteiger partial charge in [0, 0.05) is 19.2 Å². The summed E-state index contributed by atoms with van der Waals surface area (Å²) in [6.07, 6.45) is 1.68. The van der Waals surface area contributed by atoms with E-state index in [1.165, 1.54) is 7.11 Å². The fourth-order valence-electron chi connectivity index (χ4n) is 1.81. The average Bonchev–Trinajstić information content (AvgIpc) is 2.56. The first-order chi connectivity index (χ1) is 7.93. The van der Waals surface area contributed by atoms with E-state index >= 15 is 0 Å². The van der Waals surface area contributed by atoms with E-state index in [2.05, 4.69) is 9.84 Å². The number of esters is 1. The van der Waals surface area contributed by atoms with Crippen LogP contribution in [0.4, 0.5) is 0 Å². The summed E-state index contributed by atoms with van der Waals surface area (Å²) in [7, 11) is 3.04. The molecule has 1 unspecified atom stereocenters. The van der Waals surface area contributed by atoms with Gasteiger partial charge < -0.3 is 9.84 Å². The minimum Gasteiger partial charge on any atom is -0.481 e. The lowest BCUT2D eigenvalue weighted by Gasteiger charge is -2.12. The van der Waals surface area contributed by atoms with Gasteiger partial charge in [0.1, 0.15) is 0 Å². The maximum Gasteiger partial charge on any atom is 0.306 e. The highest BCUT2D eigenvalue weighted by atomic mass is 16.5. The molecule has 6 heteroatoms. The molecule has 0 amide bonds. The van der Waals surface area contributed by atoms with Crippen LogP contribution >= 0.6 is 0 Å². The molecule has 0 radical (unpaired) electrons. The zero-order valence-electron chi connectivity index (χ0n) is 10.1. The molecule has 17 heavy (non-hydrogen) atoms. The summed E-state index contributed by atoms with van der Waals surface area (Å²) in [5.74, 6) is -1.75. The zero-order valence-corrected chi connectivity index (χ0v) is 10.1. The van der Waals surface area contributed by atoms with Gasteiger partial charge in [0.2, 0.25) is 0 Å². The van der Waals surface area contributed by atoms with E-state index in [-0.39, 0.29) is 12.8 Å². The molecule has 0 saturated carbocycles. The number of aliphatic carboxylic acids is 1. The van der Waals surface area contributed by atoms with Gasteiger partial charge in [0.05, 0.1) is 25.6 Å². The first kappa shape index (κ1) is 13.2. The van der Waals surface area contributed by atoms with Crippen molar-refractivity contribution in [3.63, 3.8) is 0 Å². The number of carbonyl (C=O) groups excluding carboxylic acids is 1. The van der Waals surface area contributed by atoms with E-state index in [4.69, 9.17) is 5.11 Å². The lowest BCUT2D eigenvalue weighted by Crippen LogP contribution is -2.13. The van der Waals surface area contributed by atoms with E-state index in [9.17, 15) is 9.59 Å². The lowest BCUT2D eigenvalue weighted by atomic mass is 9.93. The third-order valence-corrected chi connectivity index (χ3v) is 2.55. The third kappa shape index (κ3) is 3.58. The van der Waals surface area contributed by atoms with Gasteiger partial charge in [-0.05, 0) is 12.5 Å². The number of carboxylic acids is 1. The molecule has 94 valence electrons. The molecule has 0 aliphatic rings. The van der Waals surface area contributed by atoms with Gasteiger partial charge in [-0.3, -0.25) is 14.3 Å². The second-order valence-corrected chi connectivity index (χ2v) is 3.92.